The normalized spacial score (nSPS) is 10.7. The molecule has 0 spiro atoms. The van der Waals surface area contributed by atoms with Gasteiger partial charge in [-0.3, -0.25) is 5.10 Å². The maximum atomic E-state index is 11.8. The minimum Gasteiger partial charge on any atom is -0.461 e. The topological polar surface area (TPSA) is 55.0 Å². The molecule has 1 N–H and O–H groups in total. The third kappa shape index (κ3) is 2.66. The molecule has 0 atom stereocenters. The van der Waals surface area contributed by atoms with Gasteiger partial charge in [-0.1, -0.05) is 29.3 Å². The molecule has 1 aromatic carbocycles. The summed E-state index contributed by atoms with van der Waals surface area (Å²) in [6.07, 6.45) is 1.88. The number of carbonyl (C=O) groups excluding carboxylic acids is 1. The van der Waals surface area contributed by atoms with E-state index >= 15 is 0 Å². The molecule has 0 radical (unpaired) electrons. The van der Waals surface area contributed by atoms with Gasteiger partial charge in [-0.15, -0.1) is 0 Å². The van der Waals surface area contributed by atoms with Gasteiger partial charge in [0, 0.05) is 9.86 Å². The summed E-state index contributed by atoms with van der Waals surface area (Å²) in [6, 6.07) is 5.60. The fourth-order valence-corrected chi connectivity index (χ4v) is 1.89. The van der Waals surface area contributed by atoms with Gasteiger partial charge in [-0.05, 0) is 24.6 Å². The molecule has 90 valence electrons. The van der Waals surface area contributed by atoms with Crippen LogP contribution in [-0.2, 0) is 4.74 Å². The molecule has 0 unspecified atom stereocenters. The van der Waals surface area contributed by atoms with Crippen molar-refractivity contribution in [3.8, 4) is 0 Å². The van der Waals surface area contributed by atoms with Gasteiger partial charge in [-0.2, -0.15) is 5.10 Å². The highest BCUT2D eigenvalue weighted by Crippen LogP contribution is 2.21. The highest BCUT2D eigenvalue weighted by molar-refractivity contribution is 9.10. The first-order valence-corrected chi connectivity index (χ1v) is 6.32. The van der Waals surface area contributed by atoms with Crippen LogP contribution in [0.1, 0.15) is 30.3 Å². The molecule has 0 aliphatic heterocycles. The molecule has 4 nitrogen and oxygen atoms in total. The van der Waals surface area contributed by atoms with Gasteiger partial charge in [0.1, 0.15) is 0 Å². The van der Waals surface area contributed by atoms with Crippen LogP contribution in [0.5, 0.6) is 0 Å². The Kier molecular flexibility index (Phi) is 3.78. The third-order valence-electron chi connectivity index (χ3n) is 2.45. The highest BCUT2D eigenvalue weighted by atomic mass is 79.9. The maximum Gasteiger partial charge on any atom is 0.359 e. The lowest BCUT2D eigenvalue weighted by atomic mass is 10.2. The highest BCUT2D eigenvalue weighted by Gasteiger charge is 2.15. The average Bonchev–Trinajstić information content (AvgIpc) is 2.72. The largest absolute Gasteiger partial charge is 0.461 e. The first-order valence-electron chi connectivity index (χ1n) is 5.53. The summed E-state index contributed by atoms with van der Waals surface area (Å²) in [5, 5.41) is 7.60. The number of nitrogens with one attached hydrogen (secondary N) is 1. The Bertz CT molecular complexity index is 536. The number of hydrogen-bond donors (Lipinski definition) is 1. The van der Waals surface area contributed by atoms with E-state index in [1.165, 1.54) is 0 Å². The molecule has 0 amide bonds. The van der Waals surface area contributed by atoms with Gasteiger partial charge in [0.2, 0.25) is 0 Å². The number of rotatable bonds is 4. The number of fused-ring (bicyclic) bond motifs is 1. The van der Waals surface area contributed by atoms with E-state index < -0.39 is 0 Å². The minimum atomic E-state index is -0.368. The van der Waals surface area contributed by atoms with Gasteiger partial charge in [0.15, 0.2) is 5.69 Å². The molecule has 0 saturated carbocycles. The second-order valence-electron chi connectivity index (χ2n) is 3.75. The van der Waals surface area contributed by atoms with Crippen LogP contribution >= 0.6 is 15.9 Å². The number of carbonyl (C=O) groups is 1. The van der Waals surface area contributed by atoms with E-state index in [1.54, 1.807) is 0 Å². The lowest BCUT2D eigenvalue weighted by Gasteiger charge is -2.01. The fraction of sp³-hybridized carbons (Fsp3) is 0.333. The standard InChI is InChI=1S/C12H13BrN2O2/c1-2-3-6-17-12(16)11-9-5-4-8(13)7-10(9)14-15-11/h4-5,7H,2-3,6H2,1H3,(H,14,15). The van der Waals surface area contributed by atoms with Gasteiger partial charge in [-0.25, -0.2) is 4.79 Å². The van der Waals surface area contributed by atoms with Gasteiger partial charge >= 0.3 is 5.97 Å². The molecule has 1 heterocycles. The van der Waals surface area contributed by atoms with Gasteiger partial charge < -0.3 is 4.74 Å². The summed E-state index contributed by atoms with van der Waals surface area (Å²) in [7, 11) is 0. The molecule has 0 aliphatic rings. The molecule has 0 fully saturated rings. The number of benzene rings is 1. The predicted molar refractivity (Wildman–Crippen MR) is 69.0 cm³/mol. The lowest BCUT2D eigenvalue weighted by molar-refractivity contribution is 0.0495. The Labute approximate surface area is 107 Å². The van der Waals surface area contributed by atoms with E-state index in [9.17, 15) is 4.79 Å². The van der Waals surface area contributed by atoms with Gasteiger partial charge in [0.25, 0.3) is 0 Å². The van der Waals surface area contributed by atoms with Crippen LogP contribution in [0.25, 0.3) is 10.9 Å². The number of esters is 1. The van der Waals surface area contributed by atoms with Crippen LogP contribution in [-0.4, -0.2) is 22.8 Å². The Morgan fingerprint density at radius 2 is 2.35 bits per heavy atom. The summed E-state index contributed by atoms with van der Waals surface area (Å²) in [5.74, 6) is -0.368. The summed E-state index contributed by atoms with van der Waals surface area (Å²) in [6.45, 7) is 2.50. The zero-order valence-corrected chi connectivity index (χ0v) is 11.1. The summed E-state index contributed by atoms with van der Waals surface area (Å²) < 4.78 is 6.08. The van der Waals surface area contributed by atoms with Crippen molar-refractivity contribution < 1.29 is 9.53 Å². The van der Waals surface area contributed by atoms with Crippen molar-refractivity contribution in [3.05, 3.63) is 28.4 Å². The first-order chi connectivity index (χ1) is 8.22. The van der Waals surface area contributed by atoms with E-state index in [2.05, 4.69) is 33.1 Å². The molecule has 1 aromatic heterocycles. The second kappa shape index (κ2) is 5.31. The molecule has 2 aromatic rings. The van der Waals surface area contributed by atoms with Crippen molar-refractivity contribution in [2.24, 2.45) is 0 Å². The number of aromatic amines is 1. The van der Waals surface area contributed by atoms with Crippen molar-refractivity contribution in [1.82, 2.24) is 10.2 Å². The van der Waals surface area contributed by atoms with Crippen LogP contribution in [0, 0.1) is 0 Å². The third-order valence-corrected chi connectivity index (χ3v) is 2.94. The van der Waals surface area contributed by atoms with E-state index in [1.807, 2.05) is 18.2 Å². The van der Waals surface area contributed by atoms with Crippen molar-refractivity contribution >= 4 is 32.8 Å². The molecular weight excluding hydrogens is 284 g/mol. The van der Waals surface area contributed by atoms with Crippen LogP contribution in [0.15, 0.2) is 22.7 Å². The van der Waals surface area contributed by atoms with Crippen molar-refractivity contribution in [3.63, 3.8) is 0 Å². The second-order valence-corrected chi connectivity index (χ2v) is 4.67. The zero-order valence-electron chi connectivity index (χ0n) is 9.50. The van der Waals surface area contributed by atoms with Crippen LogP contribution in [0.3, 0.4) is 0 Å². The molecular formula is C12H13BrN2O2. The van der Waals surface area contributed by atoms with E-state index in [0.717, 1.165) is 28.2 Å². The number of unbranched alkanes of at least 4 members (excludes halogenated alkanes) is 1. The van der Waals surface area contributed by atoms with Gasteiger partial charge in [0.05, 0.1) is 12.1 Å². The Morgan fingerprint density at radius 3 is 3.12 bits per heavy atom. The number of H-pyrrole nitrogens is 1. The Morgan fingerprint density at radius 1 is 1.53 bits per heavy atom. The first kappa shape index (κ1) is 12.1. The predicted octanol–water partition coefficient (Wildman–Crippen LogP) is 3.28. The fourth-order valence-electron chi connectivity index (χ4n) is 1.52. The number of hydrogen-bond acceptors (Lipinski definition) is 3. The van der Waals surface area contributed by atoms with Crippen LogP contribution in [0.4, 0.5) is 0 Å². The van der Waals surface area contributed by atoms with E-state index in [4.69, 9.17) is 4.74 Å². The monoisotopic (exact) mass is 296 g/mol. The molecule has 0 saturated heterocycles. The Hall–Kier alpha value is -1.36. The van der Waals surface area contributed by atoms with Crippen LogP contribution < -0.4 is 0 Å². The number of aromatic nitrogens is 2. The number of halogens is 1. The summed E-state index contributed by atoms with van der Waals surface area (Å²) in [5.41, 5.74) is 1.17. The van der Waals surface area contributed by atoms with E-state index in [-0.39, 0.29) is 5.97 Å². The molecule has 17 heavy (non-hydrogen) atoms. The molecule has 5 heteroatoms. The van der Waals surface area contributed by atoms with Crippen molar-refractivity contribution in [2.45, 2.75) is 19.8 Å². The summed E-state index contributed by atoms with van der Waals surface area (Å²) >= 11 is 3.37. The zero-order chi connectivity index (χ0) is 12.3. The maximum absolute atomic E-state index is 11.8. The van der Waals surface area contributed by atoms with E-state index in [0.29, 0.717) is 12.3 Å². The molecule has 2 rings (SSSR count). The Balaban J connectivity index is 2.21. The minimum absolute atomic E-state index is 0.351. The number of nitrogens with zero attached hydrogens (tertiary/aromatic N) is 1. The number of ether oxygens (including phenoxy) is 1. The lowest BCUT2D eigenvalue weighted by Crippen LogP contribution is -2.07. The molecule has 0 aliphatic carbocycles. The van der Waals surface area contributed by atoms with Crippen LogP contribution in [0.2, 0.25) is 0 Å². The average molecular weight is 297 g/mol. The molecule has 0 bridgehead atoms. The SMILES string of the molecule is CCCCOC(=O)c1n[nH]c2cc(Br)ccc12. The van der Waals surface area contributed by atoms with Crippen molar-refractivity contribution in [2.75, 3.05) is 6.61 Å². The summed E-state index contributed by atoms with van der Waals surface area (Å²) in [4.78, 5) is 11.8. The van der Waals surface area contributed by atoms with Crippen molar-refractivity contribution in [1.29, 1.82) is 0 Å². The quantitative estimate of drug-likeness (QED) is 0.696. The smallest absolute Gasteiger partial charge is 0.359 e.